The Morgan fingerprint density at radius 3 is 2.73 bits per heavy atom. The van der Waals surface area contributed by atoms with Crippen LogP contribution in [0, 0.1) is 0 Å². The maximum absolute atomic E-state index is 5.73. The lowest BCUT2D eigenvalue weighted by molar-refractivity contribution is 0.338. The van der Waals surface area contributed by atoms with Crippen LogP contribution in [0.15, 0.2) is 22.7 Å². The molecule has 0 bridgehead atoms. The number of halogens is 2. The predicted molar refractivity (Wildman–Crippen MR) is 69.1 cm³/mol. The lowest BCUT2D eigenvalue weighted by Crippen LogP contribution is -1.97. The minimum atomic E-state index is 0.495. The van der Waals surface area contributed by atoms with Crippen LogP contribution in [0.1, 0.15) is 31.7 Å². The monoisotopic (exact) mass is 290 g/mol. The Bertz CT molecular complexity index is 314. The van der Waals surface area contributed by atoms with Gasteiger partial charge < -0.3 is 4.74 Å². The lowest BCUT2D eigenvalue weighted by Gasteiger charge is -2.12. The van der Waals surface area contributed by atoms with E-state index in [9.17, 15) is 0 Å². The van der Waals surface area contributed by atoms with Gasteiger partial charge in [-0.05, 0) is 52.9 Å². The normalized spacial score (nSPS) is 12.5. The first-order valence-electron chi connectivity index (χ1n) is 5.17. The molecule has 0 aliphatic rings. The molecule has 0 aliphatic heterocycles. The standard InChI is InChI=1S/C12H16BrClO/c1-3-15-12-5-4-10(8-11(12)13)9(2)6-7-14/h4-5,8-9H,3,6-7H2,1-2H3. The molecule has 0 aliphatic carbocycles. The molecule has 0 fully saturated rings. The number of ether oxygens (including phenoxy) is 1. The maximum atomic E-state index is 5.73. The molecule has 0 spiro atoms. The fraction of sp³-hybridized carbons (Fsp3) is 0.500. The summed E-state index contributed by atoms with van der Waals surface area (Å²) in [5, 5.41) is 0. The first-order valence-corrected chi connectivity index (χ1v) is 6.50. The minimum absolute atomic E-state index is 0.495. The van der Waals surface area contributed by atoms with Crippen molar-refractivity contribution in [2.45, 2.75) is 26.2 Å². The second-order valence-corrected chi connectivity index (χ2v) is 4.73. The Kier molecular flexibility index (Phi) is 5.48. The van der Waals surface area contributed by atoms with Crippen LogP contribution in [-0.4, -0.2) is 12.5 Å². The summed E-state index contributed by atoms with van der Waals surface area (Å²) >= 11 is 9.24. The number of benzene rings is 1. The molecule has 1 unspecified atom stereocenters. The van der Waals surface area contributed by atoms with Gasteiger partial charge in [-0.3, -0.25) is 0 Å². The predicted octanol–water partition coefficient (Wildman–Crippen LogP) is 4.58. The summed E-state index contributed by atoms with van der Waals surface area (Å²) in [4.78, 5) is 0. The Morgan fingerprint density at radius 1 is 1.47 bits per heavy atom. The molecule has 0 heterocycles. The van der Waals surface area contributed by atoms with Crippen molar-refractivity contribution in [1.29, 1.82) is 0 Å². The molecule has 1 rings (SSSR count). The van der Waals surface area contributed by atoms with Gasteiger partial charge in [-0.25, -0.2) is 0 Å². The Hall–Kier alpha value is -0.210. The van der Waals surface area contributed by atoms with Gasteiger partial charge in [0.15, 0.2) is 0 Å². The quantitative estimate of drug-likeness (QED) is 0.722. The van der Waals surface area contributed by atoms with E-state index in [1.54, 1.807) is 0 Å². The third-order valence-corrected chi connectivity index (χ3v) is 3.20. The molecule has 1 atom stereocenters. The van der Waals surface area contributed by atoms with Crippen LogP contribution >= 0.6 is 27.5 Å². The number of alkyl halides is 1. The summed E-state index contributed by atoms with van der Waals surface area (Å²) in [5.74, 6) is 2.10. The molecule has 1 aromatic rings. The average molecular weight is 292 g/mol. The zero-order valence-corrected chi connectivity index (χ0v) is 11.4. The summed E-state index contributed by atoms with van der Waals surface area (Å²) < 4.78 is 6.48. The van der Waals surface area contributed by atoms with E-state index in [1.165, 1.54) is 5.56 Å². The SMILES string of the molecule is CCOc1ccc(C(C)CCCl)cc1Br. The van der Waals surface area contributed by atoms with Gasteiger partial charge in [0, 0.05) is 5.88 Å². The van der Waals surface area contributed by atoms with Crippen LogP contribution in [0.2, 0.25) is 0 Å². The minimum Gasteiger partial charge on any atom is -0.493 e. The van der Waals surface area contributed by atoms with Crippen LogP contribution in [0.3, 0.4) is 0 Å². The second-order valence-electron chi connectivity index (χ2n) is 3.50. The smallest absolute Gasteiger partial charge is 0.133 e. The van der Waals surface area contributed by atoms with Crippen molar-refractivity contribution in [3.63, 3.8) is 0 Å². The third-order valence-electron chi connectivity index (χ3n) is 2.37. The molecular weight excluding hydrogens is 275 g/mol. The van der Waals surface area contributed by atoms with E-state index in [0.717, 1.165) is 16.6 Å². The first-order chi connectivity index (χ1) is 7.19. The van der Waals surface area contributed by atoms with Gasteiger partial charge in [0.05, 0.1) is 11.1 Å². The largest absolute Gasteiger partial charge is 0.493 e. The van der Waals surface area contributed by atoms with Gasteiger partial charge in [0.2, 0.25) is 0 Å². The lowest BCUT2D eigenvalue weighted by atomic mass is 9.99. The van der Waals surface area contributed by atoms with E-state index in [1.807, 2.05) is 13.0 Å². The van der Waals surface area contributed by atoms with E-state index < -0.39 is 0 Å². The first kappa shape index (κ1) is 12.9. The summed E-state index contributed by atoms with van der Waals surface area (Å²) in [6.45, 7) is 4.86. The third kappa shape index (κ3) is 3.69. The van der Waals surface area contributed by atoms with E-state index in [0.29, 0.717) is 18.4 Å². The van der Waals surface area contributed by atoms with Crippen LogP contribution < -0.4 is 4.74 Å². The van der Waals surface area contributed by atoms with Gasteiger partial charge in [-0.15, -0.1) is 11.6 Å². The van der Waals surface area contributed by atoms with Crippen molar-refractivity contribution in [3.8, 4) is 5.75 Å². The second kappa shape index (κ2) is 6.39. The zero-order valence-electron chi connectivity index (χ0n) is 9.09. The fourth-order valence-corrected chi connectivity index (χ4v) is 2.26. The van der Waals surface area contributed by atoms with Crippen LogP contribution in [-0.2, 0) is 0 Å². The van der Waals surface area contributed by atoms with Gasteiger partial charge in [-0.2, -0.15) is 0 Å². The summed E-state index contributed by atoms with van der Waals surface area (Å²) in [6, 6.07) is 6.23. The molecule has 84 valence electrons. The maximum Gasteiger partial charge on any atom is 0.133 e. The van der Waals surface area contributed by atoms with Gasteiger partial charge >= 0.3 is 0 Å². The van der Waals surface area contributed by atoms with E-state index >= 15 is 0 Å². The molecule has 0 N–H and O–H groups in total. The number of hydrogen-bond acceptors (Lipinski definition) is 1. The topological polar surface area (TPSA) is 9.23 Å². The Balaban J connectivity index is 2.81. The average Bonchev–Trinajstić information content (AvgIpc) is 2.21. The Morgan fingerprint density at radius 2 is 2.20 bits per heavy atom. The van der Waals surface area contributed by atoms with E-state index in [4.69, 9.17) is 16.3 Å². The molecule has 0 amide bonds. The zero-order chi connectivity index (χ0) is 11.3. The van der Waals surface area contributed by atoms with Crippen LogP contribution in [0.5, 0.6) is 5.75 Å². The van der Waals surface area contributed by atoms with Crippen molar-refractivity contribution >= 4 is 27.5 Å². The number of rotatable bonds is 5. The van der Waals surface area contributed by atoms with Crippen molar-refractivity contribution in [1.82, 2.24) is 0 Å². The highest BCUT2D eigenvalue weighted by molar-refractivity contribution is 9.10. The van der Waals surface area contributed by atoms with Gasteiger partial charge in [0.1, 0.15) is 5.75 Å². The Labute approximate surface area is 105 Å². The van der Waals surface area contributed by atoms with Gasteiger partial charge in [-0.1, -0.05) is 13.0 Å². The molecule has 0 radical (unpaired) electrons. The summed E-state index contributed by atoms with van der Waals surface area (Å²) in [6.07, 6.45) is 1.00. The van der Waals surface area contributed by atoms with Crippen molar-refractivity contribution in [2.24, 2.45) is 0 Å². The summed E-state index contributed by atoms with van der Waals surface area (Å²) in [5.41, 5.74) is 1.30. The molecule has 0 saturated carbocycles. The van der Waals surface area contributed by atoms with Crippen molar-refractivity contribution in [3.05, 3.63) is 28.2 Å². The molecule has 3 heteroatoms. The molecule has 1 aromatic carbocycles. The highest BCUT2D eigenvalue weighted by Crippen LogP contribution is 2.30. The highest BCUT2D eigenvalue weighted by atomic mass is 79.9. The van der Waals surface area contributed by atoms with Crippen molar-refractivity contribution in [2.75, 3.05) is 12.5 Å². The molecular formula is C12H16BrClO. The molecule has 0 aromatic heterocycles. The summed E-state index contributed by atoms with van der Waals surface area (Å²) in [7, 11) is 0. The van der Waals surface area contributed by atoms with Crippen molar-refractivity contribution < 1.29 is 4.74 Å². The molecule has 0 saturated heterocycles. The van der Waals surface area contributed by atoms with Gasteiger partial charge in [0.25, 0.3) is 0 Å². The van der Waals surface area contributed by atoms with E-state index in [2.05, 4.69) is 35.0 Å². The van der Waals surface area contributed by atoms with Crippen LogP contribution in [0.4, 0.5) is 0 Å². The highest BCUT2D eigenvalue weighted by Gasteiger charge is 2.07. The molecule has 1 nitrogen and oxygen atoms in total. The molecule has 15 heavy (non-hydrogen) atoms. The fourth-order valence-electron chi connectivity index (χ4n) is 1.43. The van der Waals surface area contributed by atoms with Crippen LogP contribution in [0.25, 0.3) is 0 Å². The number of hydrogen-bond donors (Lipinski definition) is 0. The van der Waals surface area contributed by atoms with E-state index in [-0.39, 0.29) is 0 Å².